The van der Waals surface area contributed by atoms with E-state index in [2.05, 4.69) is 114 Å². The Morgan fingerprint density at radius 3 is 2.28 bits per heavy atom. The molecule has 0 unspecified atom stereocenters. The molecule has 0 atom stereocenters. The molecule has 7 heteroatoms. The third-order valence-corrected chi connectivity index (χ3v) is 11.4. The van der Waals surface area contributed by atoms with Gasteiger partial charge >= 0.3 is 0 Å². The molecular formula is C36H32N3OS3+. The molecule has 214 valence electrons. The smallest absolute Gasteiger partial charge is 0.269 e. The van der Waals surface area contributed by atoms with Crippen LogP contribution in [0.3, 0.4) is 0 Å². The second-order valence-electron chi connectivity index (χ2n) is 10.4. The van der Waals surface area contributed by atoms with Crippen molar-refractivity contribution in [1.29, 1.82) is 0 Å². The van der Waals surface area contributed by atoms with E-state index in [1.54, 1.807) is 22.7 Å². The molecule has 7 rings (SSSR count). The normalized spacial score (nSPS) is 15.3. The number of thiazole rings is 2. The maximum Gasteiger partial charge on any atom is 0.269 e. The summed E-state index contributed by atoms with van der Waals surface area (Å²) in [6, 6.07) is 26.0. The van der Waals surface area contributed by atoms with Gasteiger partial charge in [0, 0.05) is 29.4 Å². The number of hydrogen-bond acceptors (Lipinski definition) is 5. The van der Waals surface area contributed by atoms with Crippen LogP contribution >= 0.6 is 34.4 Å². The van der Waals surface area contributed by atoms with Crippen LogP contribution in [0.25, 0.3) is 43.9 Å². The first-order valence-electron chi connectivity index (χ1n) is 14.7. The molecule has 6 aromatic rings. The summed E-state index contributed by atoms with van der Waals surface area (Å²) >= 11 is 5.18. The number of anilines is 1. The van der Waals surface area contributed by atoms with Crippen LogP contribution in [0, 0.1) is 0 Å². The van der Waals surface area contributed by atoms with Crippen LogP contribution in [0.2, 0.25) is 0 Å². The zero-order chi connectivity index (χ0) is 29.5. The molecule has 0 bridgehead atoms. The monoisotopic (exact) mass is 618 g/mol. The van der Waals surface area contributed by atoms with E-state index in [-0.39, 0.29) is 5.56 Å². The Kier molecular flexibility index (Phi) is 7.55. The minimum absolute atomic E-state index is 0.0648. The van der Waals surface area contributed by atoms with E-state index in [9.17, 15) is 4.79 Å². The average Bonchev–Trinajstić information content (AvgIpc) is 3.69. The first kappa shape index (κ1) is 27.9. The van der Waals surface area contributed by atoms with E-state index in [4.69, 9.17) is 0 Å². The third kappa shape index (κ3) is 4.85. The average molecular weight is 619 g/mol. The highest BCUT2D eigenvalue weighted by Crippen LogP contribution is 2.49. The van der Waals surface area contributed by atoms with Gasteiger partial charge in [0.2, 0.25) is 5.52 Å². The summed E-state index contributed by atoms with van der Waals surface area (Å²) in [6.07, 6.45) is 10.4. The Morgan fingerprint density at radius 1 is 0.791 bits per heavy atom. The van der Waals surface area contributed by atoms with Gasteiger partial charge in [0.05, 0.1) is 21.3 Å². The van der Waals surface area contributed by atoms with Gasteiger partial charge in [-0.1, -0.05) is 89.8 Å². The molecule has 0 fully saturated rings. The van der Waals surface area contributed by atoms with Gasteiger partial charge in [-0.2, -0.15) is 4.57 Å². The number of aromatic nitrogens is 2. The van der Waals surface area contributed by atoms with E-state index in [0.29, 0.717) is 6.54 Å². The summed E-state index contributed by atoms with van der Waals surface area (Å²) in [4.78, 5) is 17.1. The van der Waals surface area contributed by atoms with E-state index < -0.39 is 0 Å². The molecule has 1 aliphatic heterocycles. The van der Waals surface area contributed by atoms with Crippen LogP contribution in [0.1, 0.15) is 25.8 Å². The van der Waals surface area contributed by atoms with Gasteiger partial charge in [0.15, 0.2) is 0 Å². The molecule has 2 aromatic heterocycles. The number of thioether (sulfide) groups is 1. The van der Waals surface area contributed by atoms with Crippen molar-refractivity contribution in [3.63, 3.8) is 0 Å². The molecule has 0 radical (unpaired) electrons. The zero-order valence-electron chi connectivity index (χ0n) is 24.4. The first-order chi connectivity index (χ1) is 21.1. The number of hydrogen-bond donors (Lipinski definition) is 0. The molecule has 0 spiro atoms. The standard InChI is InChI=1S/C36H32N3OS3/c1-4-37-28-21-19-24-13-7-9-15-26(24)34(28)42-31(37)18-12-11-17-30-36(40)39(6-3)33(41-30)23-32-38(5-2)29-22-20-25-14-8-10-16-27(25)35(29)43-32/h7-23H,4-6H2,1-3H3/q+1. The number of nitrogens with zero attached hydrogens (tertiary/aromatic N) is 3. The van der Waals surface area contributed by atoms with E-state index in [0.717, 1.165) is 27.3 Å². The predicted molar refractivity (Wildman–Crippen MR) is 187 cm³/mol. The van der Waals surface area contributed by atoms with E-state index in [1.807, 2.05) is 35.4 Å². The molecule has 3 heterocycles. The largest absolute Gasteiger partial charge is 0.335 e. The van der Waals surface area contributed by atoms with Crippen LogP contribution in [0.4, 0.5) is 5.69 Å². The van der Waals surface area contributed by atoms with Crippen molar-refractivity contribution < 1.29 is 4.57 Å². The van der Waals surface area contributed by atoms with Gasteiger partial charge in [-0.25, -0.2) is 0 Å². The maximum absolute atomic E-state index is 13.4. The number of benzene rings is 4. The summed E-state index contributed by atoms with van der Waals surface area (Å²) in [7, 11) is 0. The van der Waals surface area contributed by atoms with Gasteiger partial charge in [-0.15, -0.1) is 11.3 Å². The molecule has 4 aromatic carbocycles. The molecule has 4 nitrogen and oxygen atoms in total. The van der Waals surface area contributed by atoms with Crippen molar-refractivity contribution in [2.24, 2.45) is 0 Å². The van der Waals surface area contributed by atoms with Crippen LogP contribution in [-0.2, 0) is 13.1 Å². The van der Waals surface area contributed by atoms with Crippen molar-refractivity contribution in [1.82, 2.24) is 4.57 Å². The van der Waals surface area contributed by atoms with Crippen LogP contribution in [-0.4, -0.2) is 11.1 Å². The van der Waals surface area contributed by atoms with Gasteiger partial charge in [-0.05, 0) is 61.2 Å². The van der Waals surface area contributed by atoms with Crippen LogP contribution in [0.15, 0.2) is 106 Å². The SMILES string of the molecule is CCN1C(=CC=CC=c2sc(=Cc3sc4c5ccccc5ccc4[n+]3CC)n(CC)c2=O)Sc2c1ccc1ccccc21. The summed E-state index contributed by atoms with van der Waals surface area (Å²) in [6.45, 7) is 8.82. The van der Waals surface area contributed by atoms with Crippen LogP contribution < -0.4 is 24.2 Å². The maximum atomic E-state index is 13.4. The molecule has 0 N–H and O–H groups in total. The Bertz CT molecular complexity index is 2270. The number of allylic oxidation sites excluding steroid dienone is 3. The second kappa shape index (κ2) is 11.6. The molecule has 0 aliphatic carbocycles. The van der Waals surface area contributed by atoms with E-state index in [1.165, 1.54) is 47.4 Å². The molecule has 43 heavy (non-hydrogen) atoms. The summed E-state index contributed by atoms with van der Waals surface area (Å²) in [5.41, 5.74) is 2.57. The summed E-state index contributed by atoms with van der Waals surface area (Å²) in [5, 5.41) is 7.45. The van der Waals surface area contributed by atoms with Gasteiger partial charge in [0.25, 0.3) is 10.6 Å². The lowest BCUT2D eigenvalue weighted by molar-refractivity contribution is -0.665. The van der Waals surface area contributed by atoms with Crippen molar-refractivity contribution in [2.75, 3.05) is 11.4 Å². The molecular weight excluding hydrogens is 587 g/mol. The molecule has 0 amide bonds. The fraction of sp³-hybridized carbons (Fsp3) is 0.167. The number of rotatable bonds is 6. The zero-order valence-corrected chi connectivity index (χ0v) is 26.9. The highest BCUT2D eigenvalue weighted by Gasteiger charge is 2.25. The van der Waals surface area contributed by atoms with E-state index >= 15 is 0 Å². The lowest BCUT2D eigenvalue weighted by Crippen LogP contribution is -2.35. The van der Waals surface area contributed by atoms with Gasteiger partial charge in [-0.3, -0.25) is 9.36 Å². The fourth-order valence-corrected chi connectivity index (χ4v) is 9.59. The second-order valence-corrected chi connectivity index (χ2v) is 13.5. The van der Waals surface area contributed by atoms with Crippen molar-refractivity contribution >= 4 is 84.0 Å². The van der Waals surface area contributed by atoms with Gasteiger partial charge < -0.3 is 4.90 Å². The highest BCUT2D eigenvalue weighted by molar-refractivity contribution is 8.04. The van der Waals surface area contributed by atoms with Gasteiger partial charge in [0.1, 0.15) is 15.9 Å². The quantitative estimate of drug-likeness (QED) is 0.182. The molecule has 1 aliphatic rings. The molecule has 0 saturated carbocycles. The van der Waals surface area contributed by atoms with Crippen molar-refractivity contribution in [3.8, 4) is 0 Å². The molecule has 0 saturated heterocycles. The first-order valence-corrected chi connectivity index (χ1v) is 17.2. The van der Waals surface area contributed by atoms with Crippen LogP contribution in [0.5, 0.6) is 0 Å². The highest BCUT2D eigenvalue weighted by atomic mass is 32.2. The summed E-state index contributed by atoms with van der Waals surface area (Å²) in [5.74, 6) is 0. The minimum Gasteiger partial charge on any atom is -0.335 e. The fourth-order valence-electron chi connectivity index (χ4n) is 5.89. The number of fused-ring (bicyclic) bond motifs is 6. The van der Waals surface area contributed by atoms with Crippen molar-refractivity contribution in [3.05, 3.63) is 121 Å². The Balaban J connectivity index is 1.24. The summed E-state index contributed by atoms with van der Waals surface area (Å²) < 4.78 is 7.26. The topological polar surface area (TPSA) is 29.1 Å². The van der Waals surface area contributed by atoms with Crippen molar-refractivity contribution in [2.45, 2.75) is 38.8 Å². The minimum atomic E-state index is 0.0648. The third-order valence-electron chi connectivity index (χ3n) is 7.97. The lowest BCUT2D eigenvalue weighted by Gasteiger charge is -2.17. The Morgan fingerprint density at radius 2 is 1.51 bits per heavy atom. The predicted octanol–water partition coefficient (Wildman–Crippen LogP) is 7.40. The lowest BCUT2D eigenvalue weighted by atomic mass is 10.1. The Hall–Kier alpha value is -3.91. The Labute approximate surface area is 262 Å². The number of aryl methyl sites for hydroxylation is 1.